The molecular formula is C20H28N2O4. The normalized spacial score (nSPS) is 29.9. The van der Waals surface area contributed by atoms with Crippen molar-refractivity contribution in [1.82, 2.24) is 9.88 Å². The quantitative estimate of drug-likeness (QED) is 0.839. The Kier molecular flexibility index (Phi) is 5.25. The second kappa shape index (κ2) is 7.62. The maximum absolute atomic E-state index is 12.7. The van der Waals surface area contributed by atoms with E-state index in [0.717, 1.165) is 37.7 Å². The fourth-order valence-corrected chi connectivity index (χ4v) is 4.47. The first-order valence-corrected chi connectivity index (χ1v) is 9.73. The van der Waals surface area contributed by atoms with E-state index < -0.39 is 5.60 Å². The number of ether oxygens (including phenoxy) is 2. The van der Waals surface area contributed by atoms with Gasteiger partial charge in [-0.15, -0.1) is 0 Å². The predicted molar refractivity (Wildman–Crippen MR) is 95.3 cm³/mol. The van der Waals surface area contributed by atoms with Gasteiger partial charge < -0.3 is 19.5 Å². The van der Waals surface area contributed by atoms with Crippen molar-refractivity contribution in [3.63, 3.8) is 0 Å². The van der Waals surface area contributed by atoms with Crippen molar-refractivity contribution in [1.29, 1.82) is 0 Å². The van der Waals surface area contributed by atoms with Crippen LogP contribution in [-0.4, -0.2) is 58.4 Å². The Balaban J connectivity index is 1.29. The van der Waals surface area contributed by atoms with E-state index in [1.807, 2.05) is 23.2 Å². The summed E-state index contributed by atoms with van der Waals surface area (Å²) in [7, 11) is 0. The Labute approximate surface area is 154 Å². The van der Waals surface area contributed by atoms with Crippen LogP contribution in [-0.2, 0) is 20.9 Å². The fraction of sp³-hybridized carbons (Fsp3) is 0.700. The van der Waals surface area contributed by atoms with Crippen LogP contribution in [0.1, 0.15) is 44.1 Å². The van der Waals surface area contributed by atoms with Crippen LogP contribution in [0.25, 0.3) is 0 Å². The molecule has 0 spiro atoms. The lowest BCUT2D eigenvalue weighted by atomic mass is 9.77. The molecular weight excluding hydrogens is 332 g/mol. The number of morpholine rings is 1. The molecule has 0 aromatic carbocycles. The molecule has 6 heteroatoms. The van der Waals surface area contributed by atoms with Crippen LogP contribution in [0, 0.1) is 5.92 Å². The number of carbonyl (C=O) groups is 1. The van der Waals surface area contributed by atoms with E-state index in [4.69, 9.17) is 9.47 Å². The molecule has 6 nitrogen and oxygen atoms in total. The topological polar surface area (TPSA) is 71.9 Å². The minimum Gasteiger partial charge on any atom is -0.389 e. The number of rotatable bonds is 6. The molecule has 0 bridgehead atoms. The number of fused-ring (bicyclic) bond motifs is 1. The minimum atomic E-state index is -0.754. The van der Waals surface area contributed by atoms with Crippen LogP contribution in [0.15, 0.2) is 24.5 Å². The van der Waals surface area contributed by atoms with Gasteiger partial charge in [0.25, 0.3) is 0 Å². The first-order valence-electron chi connectivity index (χ1n) is 9.73. The maximum atomic E-state index is 12.7. The van der Waals surface area contributed by atoms with Gasteiger partial charge >= 0.3 is 0 Å². The van der Waals surface area contributed by atoms with Crippen molar-refractivity contribution in [3.05, 3.63) is 30.1 Å². The fourth-order valence-electron chi connectivity index (χ4n) is 4.47. The molecule has 1 amide bonds. The minimum absolute atomic E-state index is 0.0856. The van der Waals surface area contributed by atoms with E-state index in [2.05, 4.69) is 4.98 Å². The van der Waals surface area contributed by atoms with Crippen molar-refractivity contribution in [3.8, 4) is 0 Å². The lowest BCUT2D eigenvalue weighted by molar-refractivity contribution is -0.152. The molecule has 1 N–H and O–H groups in total. The number of hydrogen-bond acceptors (Lipinski definition) is 5. The van der Waals surface area contributed by atoms with Crippen molar-refractivity contribution < 1.29 is 19.4 Å². The van der Waals surface area contributed by atoms with Crippen LogP contribution in [0.5, 0.6) is 0 Å². The zero-order valence-corrected chi connectivity index (χ0v) is 15.2. The van der Waals surface area contributed by atoms with Crippen molar-refractivity contribution in [2.75, 3.05) is 19.8 Å². The highest BCUT2D eigenvalue weighted by atomic mass is 16.5. The van der Waals surface area contributed by atoms with Gasteiger partial charge in [-0.05, 0) is 49.7 Å². The second-order valence-corrected chi connectivity index (χ2v) is 8.03. The SMILES string of the molecule is O=C(CC1(O)CCC1)N1CCOC2CC(COCc3cccnc3)CC21. The molecule has 0 radical (unpaired) electrons. The van der Waals surface area contributed by atoms with Gasteiger partial charge in [-0.25, -0.2) is 0 Å². The summed E-state index contributed by atoms with van der Waals surface area (Å²) in [5.41, 5.74) is 0.320. The van der Waals surface area contributed by atoms with Crippen LogP contribution in [0.4, 0.5) is 0 Å². The number of hydrogen-bond donors (Lipinski definition) is 1. The third-order valence-corrected chi connectivity index (χ3v) is 6.06. The van der Waals surface area contributed by atoms with Gasteiger partial charge in [0.2, 0.25) is 5.91 Å². The van der Waals surface area contributed by atoms with Crippen LogP contribution >= 0.6 is 0 Å². The number of amides is 1. The average molecular weight is 360 g/mol. The Bertz CT molecular complexity index is 619. The van der Waals surface area contributed by atoms with Gasteiger partial charge in [-0.3, -0.25) is 9.78 Å². The molecule has 1 aromatic heterocycles. The molecule has 1 saturated heterocycles. The standard InChI is InChI=1S/C20H28N2O4/c23-19(11-20(24)4-2-5-20)22-7-8-26-18-10-16(9-17(18)22)14-25-13-15-3-1-6-21-12-15/h1,3,6,12,16-18,24H,2,4-5,7-11,13-14H2. The lowest BCUT2D eigenvalue weighted by Crippen LogP contribution is -2.53. The Morgan fingerprint density at radius 2 is 2.31 bits per heavy atom. The van der Waals surface area contributed by atoms with Crippen LogP contribution in [0.2, 0.25) is 0 Å². The Hall–Kier alpha value is -1.50. The summed E-state index contributed by atoms with van der Waals surface area (Å²) in [6, 6.07) is 4.05. The number of pyridine rings is 1. The number of nitrogens with zero attached hydrogens (tertiary/aromatic N) is 2. The first kappa shape index (κ1) is 17.9. The van der Waals surface area contributed by atoms with Gasteiger partial charge in [0.15, 0.2) is 0 Å². The summed E-state index contributed by atoms with van der Waals surface area (Å²) in [5.74, 6) is 0.490. The van der Waals surface area contributed by atoms with Crippen molar-refractivity contribution in [2.24, 2.45) is 5.92 Å². The molecule has 142 valence electrons. The molecule has 3 unspecified atom stereocenters. The highest BCUT2D eigenvalue weighted by Gasteiger charge is 2.45. The summed E-state index contributed by atoms with van der Waals surface area (Å²) in [6.07, 6.45) is 8.33. The third kappa shape index (κ3) is 3.92. The number of carbonyl (C=O) groups excluding carboxylic acids is 1. The number of aliphatic hydroxyl groups is 1. The monoisotopic (exact) mass is 360 g/mol. The summed E-state index contributed by atoms with van der Waals surface area (Å²) >= 11 is 0. The van der Waals surface area contributed by atoms with Gasteiger partial charge in [0.1, 0.15) is 0 Å². The third-order valence-electron chi connectivity index (χ3n) is 6.06. The van der Waals surface area contributed by atoms with Gasteiger partial charge in [0.05, 0.1) is 44.0 Å². The van der Waals surface area contributed by atoms with Gasteiger partial charge in [-0.1, -0.05) is 6.07 Å². The molecule has 1 aromatic rings. The average Bonchev–Trinajstić information content (AvgIpc) is 3.04. The molecule has 1 aliphatic heterocycles. The summed E-state index contributed by atoms with van der Waals surface area (Å²) in [5, 5.41) is 10.3. The summed E-state index contributed by atoms with van der Waals surface area (Å²) in [6.45, 7) is 2.47. The molecule has 3 fully saturated rings. The Morgan fingerprint density at radius 3 is 3.04 bits per heavy atom. The molecule has 2 saturated carbocycles. The molecule has 4 rings (SSSR count). The van der Waals surface area contributed by atoms with Crippen molar-refractivity contribution in [2.45, 2.75) is 62.9 Å². The van der Waals surface area contributed by atoms with Crippen LogP contribution in [0.3, 0.4) is 0 Å². The second-order valence-electron chi connectivity index (χ2n) is 8.03. The van der Waals surface area contributed by atoms with E-state index >= 15 is 0 Å². The Morgan fingerprint density at radius 1 is 1.42 bits per heavy atom. The molecule has 3 aliphatic rings. The first-order chi connectivity index (χ1) is 12.6. The zero-order chi connectivity index (χ0) is 18.0. The molecule has 2 heterocycles. The van der Waals surface area contributed by atoms with E-state index in [-0.39, 0.29) is 24.5 Å². The lowest BCUT2D eigenvalue weighted by Gasteiger charge is -2.41. The van der Waals surface area contributed by atoms with E-state index in [1.165, 1.54) is 0 Å². The summed E-state index contributed by atoms with van der Waals surface area (Å²) in [4.78, 5) is 18.8. The van der Waals surface area contributed by atoms with Crippen LogP contribution < -0.4 is 0 Å². The number of aromatic nitrogens is 1. The smallest absolute Gasteiger partial charge is 0.225 e. The molecule has 26 heavy (non-hydrogen) atoms. The zero-order valence-electron chi connectivity index (χ0n) is 15.2. The highest BCUT2D eigenvalue weighted by Crippen LogP contribution is 2.38. The predicted octanol–water partition coefficient (Wildman–Crippen LogP) is 1.91. The van der Waals surface area contributed by atoms with Gasteiger partial charge in [0, 0.05) is 18.9 Å². The largest absolute Gasteiger partial charge is 0.389 e. The molecule has 3 atom stereocenters. The molecule has 2 aliphatic carbocycles. The highest BCUT2D eigenvalue weighted by molar-refractivity contribution is 5.78. The maximum Gasteiger partial charge on any atom is 0.225 e. The van der Waals surface area contributed by atoms with E-state index in [1.54, 1.807) is 6.20 Å². The van der Waals surface area contributed by atoms with Crippen molar-refractivity contribution >= 4 is 5.91 Å². The summed E-state index contributed by atoms with van der Waals surface area (Å²) < 4.78 is 11.8. The van der Waals surface area contributed by atoms with E-state index in [9.17, 15) is 9.90 Å². The van der Waals surface area contributed by atoms with E-state index in [0.29, 0.717) is 32.3 Å². The van der Waals surface area contributed by atoms with Gasteiger partial charge in [-0.2, -0.15) is 0 Å².